The minimum atomic E-state index is -0.445. The molecule has 4 nitrogen and oxygen atoms in total. The maximum Gasteiger partial charge on any atom is 0.230 e. The zero-order valence-corrected chi connectivity index (χ0v) is 9.27. The van der Waals surface area contributed by atoms with Crippen LogP contribution >= 0.6 is 11.8 Å². The van der Waals surface area contributed by atoms with Gasteiger partial charge in [0.05, 0.1) is 17.9 Å². The number of nitrogens with one attached hydrogen (secondary N) is 2. The van der Waals surface area contributed by atoms with Gasteiger partial charge in [-0.2, -0.15) is 11.8 Å². The summed E-state index contributed by atoms with van der Waals surface area (Å²) in [7, 11) is 0. The lowest BCUT2D eigenvalue weighted by Crippen LogP contribution is -2.53. The number of carbonyl (C=O) groups is 1. The molecular formula is C9H18N2O2S. The topological polar surface area (TPSA) is 61.4 Å². The van der Waals surface area contributed by atoms with Crippen LogP contribution in [0.3, 0.4) is 0 Å². The van der Waals surface area contributed by atoms with Crippen molar-refractivity contribution in [2.75, 3.05) is 24.6 Å². The van der Waals surface area contributed by atoms with E-state index in [1.165, 1.54) is 0 Å². The first-order chi connectivity index (χ1) is 6.74. The first kappa shape index (κ1) is 11.8. The molecule has 1 fully saturated rings. The van der Waals surface area contributed by atoms with E-state index in [-0.39, 0.29) is 11.9 Å². The highest BCUT2D eigenvalue weighted by Gasteiger charge is 2.23. The van der Waals surface area contributed by atoms with Gasteiger partial charge in [0.25, 0.3) is 0 Å². The quantitative estimate of drug-likeness (QED) is 0.600. The average Bonchev–Trinajstić information content (AvgIpc) is 2.18. The van der Waals surface area contributed by atoms with Gasteiger partial charge in [-0.3, -0.25) is 4.79 Å². The molecule has 1 aliphatic rings. The van der Waals surface area contributed by atoms with Crippen LogP contribution in [-0.2, 0) is 4.79 Å². The summed E-state index contributed by atoms with van der Waals surface area (Å²) in [6.45, 7) is 3.46. The second kappa shape index (κ2) is 6.27. The molecular weight excluding hydrogens is 200 g/mol. The maximum absolute atomic E-state index is 11.4. The number of hydrogen-bond acceptors (Lipinski definition) is 4. The molecule has 2 atom stereocenters. The summed E-state index contributed by atoms with van der Waals surface area (Å²) in [4.78, 5) is 11.4. The van der Waals surface area contributed by atoms with Gasteiger partial charge >= 0.3 is 0 Å². The van der Waals surface area contributed by atoms with E-state index in [0.717, 1.165) is 18.7 Å². The molecule has 1 saturated heterocycles. The van der Waals surface area contributed by atoms with Crippen molar-refractivity contribution in [1.82, 2.24) is 10.6 Å². The number of aliphatic hydroxyl groups is 1. The Bertz CT molecular complexity index is 190. The van der Waals surface area contributed by atoms with E-state index in [9.17, 15) is 9.90 Å². The van der Waals surface area contributed by atoms with Crippen LogP contribution in [0.5, 0.6) is 0 Å². The zero-order valence-electron chi connectivity index (χ0n) is 8.45. The Morgan fingerprint density at radius 3 is 3.14 bits per heavy atom. The van der Waals surface area contributed by atoms with E-state index in [2.05, 4.69) is 10.6 Å². The highest BCUT2D eigenvalue weighted by molar-refractivity contribution is 7.99. The molecule has 1 aliphatic heterocycles. The van der Waals surface area contributed by atoms with E-state index < -0.39 is 6.10 Å². The van der Waals surface area contributed by atoms with Gasteiger partial charge in [0, 0.05) is 6.54 Å². The van der Waals surface area contributed by atoms with Gasteiger partial charge in [0.2, 0.25) is 5.91 Å². The lowest BCUT2D eigenvalue weighted by molar-refractivity contribution is -0.120. The molecule has 0 aromatic carbocycles. The molecule has 1 amide bonds. The third kappa shape index (κ3) is 3.86. The van der Waals surface area contributed by atoms with E-state index >= 15 is 0 Å². The van der Waals surface area contributed by atoms with Crippen LogP contribution in [0.15, 0.2) is 0 Å². The third-order valence-corrected chi connectivity index (χ3v) is 3.11. The fourth-order valence-electron chi connectivity index (χ4n) is 1.45. The molecule has 0 radical (unpaired) electrons. The van der Waals surface area contributed by atoms with Crippen molar-refractivity contribution in [3.05, 3.63) is 0 Å². The van der Waals surface area contributed by atoms with Crippen molar-refractivity contribution in [1.29, 1.82) is 0 Å². The fourth-order valence-corrected chi connectivity index (χ4v) is 1.93. The molecule has 0 aromatic rings. The summed E-state index contributed by atoms with van der Waals surface area (Å²) >= 11 is 1.60. The number of hydrogen-bond donors (Lipinski definition) is 3. The Hall–Kier alpha value is -0.260. The fraction of sp³-hybridized carbons (Fsp3) is 0.889. The minimum Gasteiger partial charge on any atom is -0.390 e. The number of amides is 1. The molecule has 0 unspecified atom stereocenters. The number of rotatable bonds is 4. The van der Waals surface area contributed by atoms with Gasteiger partial charge in [0.1, 0.15) is 0 Å². The lowest BCUT2D eigenvalue weighted by atomic mass is 10.0. The smallest absolute Gasteiger partial charge is 0.230 e. The standard InChI is InChI=1S/C9H18N2O2S/c1-2-14-6-9(13)11-7-3-4-10-5-8(7)12/h7-8,10,12H,2-6H2,1H3,(H,11,13)/t7-,8-/m1/s1. The molecule has 0 spiro atoms. The van der Waals surface area contributed by atoms with Crippen LogP contribution in [-0.4, -0.2) is 47.8 Å². The monoisotopic (exact) mass is 218 g/mol. The summed E-state index contributed by atoms with van der Waals surface area (Å²) in [5.41, 5.74) is 0. The van der Waals surface area contributed by atoms with Crippen LogP contribution in [0, 0.1) is 0 Å². The molecule has 1 rings (SSSR count). The number of carbonyl (C=O) groups excluding carboxylic acids is 1. The Labute approximate surface area is 88.8 Å². The molecule has 0 aliphatic carbocycles. The van der Waals surface area contributed by atoms with Crippen molar-refractivity contribution in [3.8, 4) is 0 Å². The number of thioether (sulfide) groups is 1. The largest absolute Gasteiger partial charge is 0.390 e. The highest BCUT2D eigenvalue weighted by Crippen LogP contribution is 2.04. The molecule has 0 aromatic heterocycles. The van der Waals surface area contributed by atoms with Crippen molar-refractivity contribution in [2.24, 2.45) is 0 Å². The molecule has 5 heteroatoms. The predicted octanol–water partition coefficient (Wildman–Crippen LogP) is -0.421. The van der Waals surface area contributed by atoms with Gasteiger partial charge in [-0.05, 0) is 18.7 Å². The number of β-amino-alcohol motifs (C(OH)–C–C–N with tert-alkyl or cyclic N) is 1. The van der Waals surface area contributed by atoms with Gasteiger partial charge in [0.15, 0.2) is 0 Å². The summed E-state index contributed by atoms with van der Waals surface area (Å²) in [5, 5.41) is 15.5. The molecule has 0 saturated carbocycles. The number of piperidine rings is 1. The first-order valence-electron chi connectivity index (χ1n) is 5.00. The number of aliphatic hydroxyl groups excluding tert-OH is 1. The molecule has 82 valence electrons. The van der Waals surface area contributed by atoms with Gasteiger partial charge in [-0.25, -0.2) is 0 Å². The van der Waals surface area contributed by atoms with Crippen LogP contribution in [0.4, 0.5) is 0 Å². The van der Waals surface area contributed by atoms with E-state index in [1.54, 1.807) is 11.8 Å². The van der Waals surface area contributed by atoms with E-state index in [1.807, 2.05) is 6.92 Å². The Balaban J connectivity index is 2.23. The summed E-state index contributed by atoms with van der Waals surface area (Å²) < 4.78 is 0. The van der Waals surface area contributed by atoms with Crippen LogP contribution < -0.4 is 10.6 Å². The first-order valence-corrected chi connectivity index (χ1v) is 6.15. The zero-order chi connectivity index (χ0) is 10.4. The minimum absolute atomic E-state index is 0.0304. The second-order valence-electron chi connectivity index (χ2n) is 3.37. The normalized spacial score (nSPS) is 27.3. The maximum atomic E-state index is 11.4. The second-order valence-corrected chi connectivity index (χ2v) is 4.65. The predicted molar refractivity (Wildman–Crippen MR) is 58.4 cm³/mol. The molecule has 1 heterocycles. The Morgan fingerprint density at radius 2 is 2.50 bits per heavy atom. The summed E-state index contributed by atoms with van der Waals surface area (Å²) in [6, 6.07) is -0.0683. The molecule has 0 bridgehead atoms. The van der Waals surface area contributed by atoms with Crippen molar-refractivity contribution in [2.45, 2.75) is 25.5 Å². The average molecular weight is 218 g/mol. The van der Waals surface area contributed by atoms with Crippen molar-refractivity contribution in [3.63, 3.8) is 0 Å². The van der Waals surface area contributed by atoms with E-state index in [4.69, 9.17) is 0 Å². The van der Waals surface area contributed by atoms with Crippen LogP contribution in [0.2, 0.25) is 0 Å². The highest BCUT2D eigenvalue weighted by atomic mass is 32.2. The van der Waals surface area contributed by atoms with Crippen LogP contribution in [0.1, 0.15) is 13.3 Å². The van der Waals surface area contributed by atoms with Gasteiger partial charge in [-0.1, -0.05) is 6.92 Å². The summed E-state index contributed by atoms with van der Waals surface area (Å²) in [6.07, 6.45) is 0.364. The SMILES string of the molecule is CCSCC(=O)N[C@@H]1CCNC[C@H]1O. The third-order valence-electron chi connectivity index (χ3n) is 2.23. The van der Waals surface area contributed by atoms with Crippen LogP contribution in [0.25, 0.3) is 0 Å². The van der Waals surface area contributed by atoms with Gasteiger partial charge in [-0.15, -0.1) is 0 Å². The molecule has 14 heavy (non-hydrogen) atoms. The van der Waals surface area contributed by atoms with Gasteiger partial charge < -0.3 is 15.7 Å². The Morgan fingerprint density at radius 1 is 1.71 bits per heavy atom. The van der Waals surface area contributed by atoms with Crippen molar-refractivity contribution < 1.29 is 9.90 Å². The lowest BCUT2D eigenvalue weighted by Gasteiger charge is -2.28. The summed E-state index contributed by atoms with van der Waals surface area (Å²) in [5.74, 6) is 1.47. The Kier molecular flexibility index (Phi) is 5.29. The molecule has 3 N–H and O–H groups in total. The van der Waals surface area contributed by atoms with E-state index in [0.29, 0.717) is 12.3 Å². The van der Waals surface area contributed by atoms with Crippen molar-refractivity contribution >= 4 is 17.7 Å².